The molecule has 1 aliphatic heterocycles. The number of rotatable bonds is 3. The fourth-order valence-electron chi connectivity index (χ4n) is 3.39. The molecule has 2 nitrogen and oxygen atoms in total. The Morgan fingerprint density at radius 2 is 1.79 bits per heavy atom. The Labute approximate surface area is 130 Å². The quantitative estimate of drug-likeness (QED) is 0.804. The Bertz CT molecular complexity index is 439. The number of hydrogen-bond donors (Lipinski definition) is 1. The molecule has 0 bridgehead atoms. The number of hydrogen-bond acceptors (Lipinski definition) is 2. The van der Waals surface area contributed by atoms with Gasteiger partial charge in [0.25, 0.3) is 0 Å². The van der Waals surface area contributed by atoms with Crippen LogP contribution in [0, 0.1) is 9.49 Å². The van der Waals surface area contributed by atoms with Crippen molar-refractivity contribution in [3.05, 3.63) is 33.4 Å². The molecule has 2 atom stereocenters. The van der Waals surface area contributed by atoms with Gasteiger partial charge in [-0.05, 0) is 81.5 Å². The van der Waals surface area contributed by atoms with Crippen molar-refractivity contribution in [2.24, 2.45) is 5.92 Å². The average Bonchev–Trinajstić information content (AvgIpc) is 2.51. The first-order valence-electron chi connectivity index (χ1n) is 6.88. The minimum absolute atomic E-state index is 0.0352. The first kappa shape index (κ1) is 15.3. The van der Waals surface area contributed by atoms with Crippen LogP contribution in [-0.4, -0.2) is 18.2 Å². The molecule has 2 rings (SSSR count). The monoisotopic (exact) mass is 373 g/mol. The zero-order valence-electron chi connectivity index (χ0n) is 12.5. The van der Waals surface area contributed by atoms with Crippen LogP contribution >= 0.6 is 22.6 Å². The zero-order valence-corrected chi connectivity index (χ0v) is 14.6. The van der Waals surface area contributed by atoms with E-state index in [0.29, 0.717) is 12.0 Å². The highest BCUT2D eigenvalue weighted by molar-refractivity contribution is 14.1. The van der Waals surface area contributed by atoms with Crippen molar-refractivity contribution in [3.63, 3.8) is 0 Å². The van der Waals surface area contributed by atoms with Crippen molar-refractivity contribution in [1.82, 2.24) is 5.32 Å². The Morgan fingerprint density at radius 1 is 1.21 bits per heavy atom. The molecule has 2 unspecified atom stereocenters. The van der Waals surface area contributed by atoms with Gasteiger partial charge < -0.3 is 10.1 Å². The lowest BCUT2D eigenvalue weighted by molar-refractivity contribution is -0.0776. The van der Waals surface area contributed by atoms with Crippen LogP contribution in [-0.2, 0) is 4.74 Å². The van der Waals surface area contributed by atoms with Gasteiger partial charge in [0.1, 0.15) is 0 Å². The molecule has 19 heavy (non-hydrogen) atoms. The lowest BCUT2D eigenvalue weighted by atomic mass is 9.79. The molecule has 1 heterocycles. The van der Waals surface area contributed by atoms with Crippen LogP contribution in [0.25, 0.3) is 0 Å². The lowest BCUT2D eigenvalue weighted by Crippen LogP contribution is -2.37. The van der Waals surface area contributed by atoms with Crippen molar-refractivity contribution in [2.75, 3.05) is 7.05 Å². The topological polar surface area (TPSA) is 21.3 Å². The van der Waals surface area contributed by atoms with Crippen LogP contribution in [0.1, 0.15) is 45.7 Å². The minimum atomic E-state index is -0.0971. The molecule has 0 spiro atoms. The van der Waals surface area contributed by atoms with Crippen LogP contribution in [0.2, 0.25) is 0 Å². The van der Waals surface area contributed by atoms with Gasteiger partial charge in [-0.25, -0.2) is 0 Å². The van der Waals surface area contributed by atoms with Crippen LogP contribution in [0.3, 0.4) is 0 Å². The second-order valence-electron chi connectivity index (χ2n) is 6.59. The largest absolute Gasteiger partial charge is 0.369 e. The Hall–Kier alpha value is -0.130. The van der Waals surface area contributed by atoms with Crippen molar-refractivity contribution in [2.45, 2.75) is 51.4 Å². The normalized spacial score (nSPS) is 26.3. The molecule has 1 aliphatic rings. The van der Waals surface area contributed by atoms with Gasteiger partial charge in [-0.2, -0.15) is 0 Å². The Morgan fingerprint density at radius 3 is 2.21 bits per heavy atom. The van der Waals surface area contributed by atoms with E-state index in [9.17, 15) is 0 Å². The van der Waals surface area contributed by atoms with Gasteiger partial charge in [0.2, 0.25) is 0 Å². The summed E-state index contributed by atoms with van der Waals surface area (Å²) in [6.07, 6.45) is 1.08. The number of nitrogens with one attached hydrogen (secondary N) is 1. The van der Waals surface area contributed by atoms with Gasteiger partial charge in [0.15, 0.2) is 0 Å². The highest BCUT2D eigenvalue weighted by Crippen LogP contribution is 2.47. The maximum atomic E-state index is 6.24. The van der Waals surface area contributed by atoms with Gasteiger partial charge in [0.05, 0.1) is 11.2 Å². The Balaban J connectivity index is 2.29. The summed E-state index contributed by atoms with van der Waals surface area (Å²) in [5, 5.41) is 3.49. The summed E-state index contributed by atoms with van der Waals surface area (Å²) in [5.74, 6) is 0.479. The van der Waals surface area contributed by atoms with Gasteiger partial charge in [-0.15, -0.1) is 0 Å². The predicted molar refractivity (Wildman–Crippen MR) is 88.3 cm³/mol. The van der Waals surface area contributed by atoms with Gasteiger partial charge in [-0.3, -0.25) is 0 Å². The molecule has 1 aromatic rings. The number of halogens is 1. The van der Waals surface area contributed by atoms with E-state index < -0.39 is 0 Å². The molecule has 0 saturated carbocycles. The Kier molecular flexibility index (Phi) is 4.29. The van der Waals surface area contributed by atoms with E-state index in [2.05, 4.69) is 79.9 Å². The maximum absolute atomic E-state index is 6.24. The highest BCUT2D eigenvalue weighted by atomic mass is 127. The zero-order chi connectivity index (χ0) is 14.3. The molecule has 0 amide bonds. The first-order valence-corrected chi connectivity index (χ1v) is 7.96. The van der Waals surface area contributed by atoms with E-state index in [0.717, 1.165) is 6.42 Å². The predicted octanol–water partition coefficient (Wildman–Crippen LogP) is 4.15. The third kappa shape index (κ3) is 3.31. The molecular weight excluding hydrogens is 349 g/mol. The van der Waals surface area contributed by atoms with Crippen molar-refractivity contribution in [3.8, 4) is 0 Å². The minimum Gasteiger partial charge on any atom is -0.369 e. The summed E-state index contributed by atoms with van der Waals surface area (Å²) in [4.78, 5) is 0. The molecule has 0 aliphatic carbocycles. The van der Waals surface area contributed by atoms with Crippen molar-refractivity contribution >= 4 is 22.6 Å². The van der Waals surface area contributed by atoms with Crippen molar-refractivity contribution < 1.29 is 4.74 Å². The summed E-state index contributed by atoms with van der Waals surface area (Å²) in [7, 11) is 2.05. The summed E-state index contributed by atoms with van der Waals surface area (Å²) >= 11 is 2.35. The molecule has 0 radical (unpaired) electrons. The molecule has 0 aromatic heterocycles. The SMILES string of the molecule is CNC(c1ccc(I)cc1)C1CC(C)(C)OC1(C)C. The number of benzene rings is 1. The number of ether oxygens (including phenoxy) is 1. The van der Waals surface area contributed by atoms with E-state index >= 15 is 0 Å². The first-order chi connectivity index (χ1) is 8.75. The van der Waals surface area contributed by atoms with Crippen LogP contribution in [0.4, 0.5) is 0 Å². The van der Waals surface area contributed by atoms with E-state index in [1.807, 2.05) is 7.05 Å². The summed E-state index contributed by atoms with van der Waals surface area (Å²) in [5.41, 5.74) is 1.22. The lowest BCUT2D eigenvalue weighted by Gasteiger charge is -2.33. The fraction of sp³-hybridized carbons (Fsp3) is 0.625. The van der Waals surface area contributed by atoms with Gasteiger partial charge in [0, 0.05) is 15.5 Å². The molecular formula is C16H24INO. The smallest absolute Gasteiger partial charge is 0.0681 e. The standard InChI is InChI=1S/C16H24INO/c1-15(2)10-13(16(3,4)19-15)14(18-5)11-6-8-12(17)9-7-11/h6-9,13-14,18H,10H2,1-5H3. The molecule has 3 heteroatoms. The third-order valence-corrected chi connectivity index (χ3v) is 4.81. The van der Waals surface area contributed by atoms with E-state index in [1.165, 1.54) is 9.13 Å². The van der Waals surface area contributed by atoms with Crippen LogP contribution in [0.15, 0.2) is 24.3 Å². The molecule has 1 saturated heterocycles. The van der Waals surface area contributed by atoms with Crippen LogP contribution in [0.5, 0.6) is 0 Å². The van der Waals surface area contributed by atoms with E-state index in [-0.39, 0.29) is 11.2 Å². The van der Waals surface area contributed by atoms with Crippen molar-refractivity contribution in [1.29, 1.82) is 0 Å². The third-order valence-electron chi connectivity index (χ3n) is 4.09. The molecule has 1 N–H and O–H groups in total. The summed E-state index contributed by atoms with van der Waals surface area (Å²) in [6, 6.07) is 9.14. The second-order valence-corrected chi connectivity index (χ2v) is 7.84. The molecule has 1 aromatic carbocycles. The molecule has 1 fully saturated rings. The van der Waals surface area contributed by atoms with Crippen LogP contribution < -0.4 is 5.32 Å². The maximum Gasteiger partial charge on any atom is 0.0681 e. The highest BCUT2D eigenvalue weighted by Gasteiger charge is 2.48. The summed E-state index contributed by atoms with van der Waals surface area (Å²) < 4.78 is 7.51. The average molecular weight is 373 g/mol. The van der Waals surface area contributed by atoms with Gasteiger partial charge in [-0.1, -0.05) is 12.1 Å². The van der Waals surface area contributed by atoms with E-state index in [1.54, 1.807) is 0 Å². The van der Waals surface area contributed by atoms with E-state index in [4.69, 9.17) is 4.74 Å². The van der Waals surface area contributed by atoms with Gasteiger partial charge >= 0.3 is 0 Å². The molecule has 106 valence electrons. The summed E-state index contributed by atoms with van der Waals surface area (Å²) in [6.45, 7) is 8.80. The second kappa shape index (κ2) is 5.34. The fourth-order valence-corrected chi connectivity index (χ4v) is 3.75.